The first-order chi connectivity index (χ1) is 67.5. The monoisotopic (exact) mass is 2040 g/mol. The first kappa shape index (κ1) is 129. The number of primary amides is 2. The number of thioether (sulfide) groups is 1. The molecule has 42 N–H and O–H groups in total. The fourth-order valence-corrected chi connectivity index (χ4v) is 14.9. The summed E-state index contributed by atoms with van der Waals surface area (Å²) in [4.78, 5) is 276. The largest absolute Gasteiger partial charge is 0.481 e. The fourth-order valence-electron chi connectivity index (χ4n) is 14.4. The zero-order valence-electron chi connectivity index (χ0n) is 82.2. The number of benzene rings is 1. The van der Waals surface area contributed by atoms with E-state index in [2.05, 4.69) is 85.1 Å². The van der Waals surface area contributed by atoms with Crippen molar-refractivity contribution in [2.45, 2.75) is 323 Å². The minimum absolute atomic E-state index is 0.00132. The summed E-state index contributed by atoms with van der Waals surface area (Å²) in [5.41, 5.74) is 64.2. The topological polar surface area (TPSA) is 901 Å². The SMILES string of the molecule is CSCC[C@H](N)C(=O)N[C@@H](Cc1ccccc1)C(=O)N[C@@H](CC(N)=O)C(=O)N[C@@H](CCCCN)C(=O)N[C@H](C(=O)N[C@@H](CCC(=O)O)C(=O)N[C@@H](CO)C(=O)N[C@H](C(=O)NCC(=O)N[C@@H](CCC(N)=O)C(=O)N[C@@H](CCCCN)C(=O)N[C@@H](CCCCN)C(=O)N[C@@H](CCCCN)C(=O)N[C@@H](CCCCN)C(=O)N[C@@H](CCCCN)C(=O)N[C@@H](CCCCN)C(=O)N[C@@H](CCCCN)C(=O)O)[C@@H](C)O)C(C)C. The Morgan fingerprint density at radius 2 is 0.606 bits per heavy atom. The number of amides is 18. The van der Waals surface area contributed by atoms with Gasteiger partial charge in [0.15, 0.2) is 0 Å². The second-order valence-corrected chi connectivity index (χ2v) is 36.0. The van der Waals surface area contributed by atoms with Crippen LogP contribution in [0.15, 0.2) is 30.3 Å². The predicted octanol–water partition coefficient (Wildman–Crippen LogP) is -9.15. The molecule has 0 fully saturated rings. The molecule has 142 heavy (non-hydrogen) atoms. The van der Waals surface area contributed by atoms with Crippen LogP contribution in [0.2, 0.25) is 0 Å². The lowest BCUT2D eigenvalue weighted by molar-refractivity contribution is -0.142. The quantitative estimate of drug-likeness (QED) is 0.0269. The number of carbonyl (C=O) groups is 20. The van der Waals surface area contributed by atoms with Crippen molar-refractivity contribution >= 4 is 130 Å². The van der Waals surface area contributed by atoms with Crippen molar-refractivity contribution < 1.29 is 116 Å². The number of nitrogens with two attached hydrogens (primary N) is 11. The van der Waals surface area contributed by atoms with E-state index in [-0.39, 0.29) is 149 Å². The molecule has 18 amide bonds. The van der Waals surface area contributed by atoms with Crippen LogP contribution < -0.4 is 148 Å². The van der Waals surface area contributed by atoms with Gasteiger partial charge in [0.05, 0.1) is 31.7 Å². The fraction of sp³-hybridized carbons (Fsp3) is 0.711. The first-order valence-electron chi connectivity index (χ1n) is 48.6. The highest BCUT2D eigenvalue weighted by Gasteiger charge is 2.40. The van der Waals surface area contributed by atoms with Crippen LogP contribution >= 0.6 is 11.8 Å². The molecule has 0 saturated heterocycles. The van der Waals surface area contributed by atoms with Crippen LogP contribution in [-0.2, 0) is 102 Å². The lowest BCUT2D eigenvalue weighted by Gasteiger charge is -2.29. The number of rotatable bonds is 81. The Kier molecular flexibility index (Phi) is 67.4. The number of aliphatic hydroxyl groups excluding tert-OH is 2. The molecule has 51 nitrogen and oxygen atoms in total. The van der Waals surface area contributed by atoms with Crippen LogP contribution in [0.25, 0.3) is 0 Å². The summed E-state index contributed by atoms with van der Waals surface area (Å²) in [5.74, 6) is -21.4. The molecule has 0 aliphatic carbocycles. The maximum Gasteiger partial charge on any atom is 0.326 e. The highest BCUT2D eigenvalue weighted by Crippen LogP contribution is 2.17. The van der Waals surface area contributed by atoms with Gasteiger partial charge in [-0.15, -0.1) is 0 Å². The summed E-state index contributed by atoms with van der Waals surface area (Å²) in [7, 11) is 0. The third-order valence-electron chi connectivity index (χ3n) is 22.7. The lowest BCUT2D eigenvalue weighted by atomic mass is 10.00. The number of aliphatic hydroxyl groups is 2. The molecule has 17 atom stereocenters. The standard InChI is InChI=1S/C90H161N27O24S/c1-52(2)73(116-84(134)62(32-14-22-45-97)110-86(136)67(49-70(101)121)114-85(135)66(48-54-24-6-5-7-25-54)113-75(125)55(99)38-47-142-4)89(139)111-64(35-37-72(123)124)83(133)115-68(51-118)87(137)117-74(53(3)119)88(138)102-50-71(122)103-63(34-36-69(100)120)82(132)109-60(30-12-20-43-95)80(130)107-58(28-10-18-41-93)78(128)105-56(26-8-16-39-91)76(126)104-57(27-9-17-40-92)77(127)106-59(29-11-19-42-94)79(129)108-61(31-13-21-44-96)81(131)112-65(90(140)141)33-15-23-46-98/h5-7,24-25,52-53,55-68,73-74,118-119H,8-23,26-51,91-99H2,1-4H3,(H2,100,120)(H2,101,121)(H,102,138)(H,103,122)(H,104,126)(H,105,128)(H,106,127)(H,107,130)(H,108,129)(H,109,132)(H,110,136)(H,111,139)(H,112,131)(H,113,125)(H,114,135)(H,115,133)(H,116,134)(H,117,137)(H,123,124)(H,140,141)/t53-,55+,56+,57+,58+,59+,60+,61+,62+,63+,64+,65+,66+,67+,68+,73+,74+/m1/s1. The molecular formula is C90H161N27O24S. The highest BCUT2D eigenvalue weighted by atomic mass is 32.2. The van der Waals surface area contributed by atoms with E-state index in [1.54, 1.807) is 30.3 Å². The van der Waals surface area contributed by atoms with Crippen molar-refractivity contribution in [3.63, 3.8) is 0 Å². The van der Waals surface area contributed by atoms with Gasteiger partial charge in [0.2, 0.25) is 106 Å². The first-order valence-corrected chi connectivity index (χ1v) is 50.0. The Morgan fingerprint density at radius 3 is 0.930 bits per heavy atom. The van der Waals surface area contributed by atoms with Crippen LogP contribution in [0, 0.1) is 5.92 Å². The van der Waals surface area contributed by atoms with E-state index < -0.39 is 272 Å². The molecule has 0 saturated carbocycles. The Bertz CT molecular complexity index is 4100. The van der Waals surface area contributed by atoms with Gasteiger partial charge < -0.3 is 169 Å². The maximum atomic E-state index is 14.8. The van der Waals surface area contributed by atoms with Gasteiger partial charge in [-0.25, -0.2) is 4.79 Å². The van der Waals surface area contributed by atoms with Gasteiger partial charge in [0.1, 0.15) is 90.6 Å². The molecule has 0 heterocycles. The van der Waals surface area contributed by atoms with Crippen molar-refractivity contribution in [2.24, 2.45) is 69.0 Å². The lowest BCUT2D eigenvalue weighted by Crippen LogP contribution is -2.62. The van der Waals surface area contributed by atoms with Gasteiger partial charge in [0, 0.05) is 19.3 Å². The number of hydrogen-bond acceptors (Lipinski definition) is 32. The van der Waals surface area contributed by atoms with E-state index in [0.717, 1.165) is 6.92 Å². The van der Waals surface area contributed by atoms with Crippen LogP contribution in [-0.4, -0.2) is 319 Å². The maximum absolute atomic E-state index is 14.8. The molecule has 806 valence electrons. The third-order valence-corrected chi connectivity index (χ3v) is 23.3. The Labute approximate surface area is 832 Å². The molecule has 1 aromatic carbocycles. The van der Waals surface area contributed by atoms with E-state index in [1.807, 2.05) is 6.26 Å². The van der Waals surface area contributed by atoms with Crippen molar-refractivity contribution in [3.05, 3.63) is 35.9 Å². The van der Waals surface area contributed by atoms with Gasteiger partial charge >= 0.3 is 11.9 Å². The molecule has 0 unspecified atom stereocenters. The second-order valence-electron chi connectivity index (χ2n) is 35.0. The van der Waals surface area contributed by atoms with Crippen LogP contribution in [0.5, 0.6) is 0 Å². The smallest absolute Gasteiger partial charge is 0.326 e. The summed E-state index contributed by atoms with van der Waals surface area (Å²) < 4.78 is 0. The molecule has 1 rings (SSSR count). The van der Waals surface area contributed by atoms with Gasteiger partial charge in [-0.3, -0.25) is 91.1 Å². The molecule has 0 aliphatic rings. The Morgan fingerprint density at radius 1 is 0.317 bits per heavy atom. The number of unbranched alkanes of at least 4 members (excludes halogenated alkanes) is 8. The van der Waals surface area contributed by atoms with E-state index in [9.17, 15) is 116 Å². The molecule has 0 aromatic heterocycles. The number of carboxylic acid groups (broad SMARTS) is 2. The average Bonchev–Trinajstić information content (AvgIpc) is 0.850. The number of carbonyl (C=O) groups excluding carboxylic acids is 18. The van der Waals surface area contributed by atoms with E-state index >= 15 is 0 Å². The zero-order chi connectivity index (χ0) is 107. The predicted molar refractivity (Wildman–Crippen MR) is 527 cm³/mol. The van der Waals surface area contributed by atoms with Crippen molar-refractivity contribution in [1.29, 1.82) is 0 Å². The summed E-state index contributed by atoms with van der Waals surface area (Å²) in [5, 5.41) is 80.9. The van der Waals surface area contributed by atoms with Gasteiger partial charge in [-0.05, 0) is 256 Å². The number of aliphatic carboxylic acids is 2. The van der Waals surface area contributed by atoms with Crippen molar-refractivity contribution in [2.75, 3.05) is 77.5 Å². The molecule has 1 aromatic rings. The molecule has 0 aliphatic heterocycles. The number of carboxylic acids is 2. The Hall–Kier alpha value is -11.5. The molecule has 0 radical (unpaired) electrons. The second kappa shape index (κ2) is 74.5. The summed E-state index contributed by atoms with van der Waals surface area (Å²) in [6.07, 6.45) is 1.43. The summed E-state index contributed by atoms with van der Waals surface area (Å²) in [6, 6.07) is -16.2. The third kappa shape index (κ3) is 53.6. The molecule has 0 spiro atoms. The normalized spacial score (nSPS) is 14.8. The van der Waals surface area contributed by atoms with Gasteiger partial charge in [-0.1, -0.05) is 44.2 Å². The molecule has 52 heteroatoms. The summed E-state index contributed by atoms with van der Waals surface area (Å²) in [6.45, 7) is 3.11. The van der Waals surface area contributed by atoms with Crippen LogP contribution in [0.1, 0.15) is 219 Å². The van der Waals surface area contributed by atoms with Crippen LogP contribution in [0.4, 0.5) is 0 Å². The molecular weight excluding hydrogens is 1880 g/mol. The van der Waals surface area contributed by atoms with Crippen molar-refractivity contribution in [1.82, 2.24) is 85.1 Å². The minimum atomic E-state index is -2.06. The van der Waals surface area contributed by atoms with Crippen LogP contribution in [0.3, 0.4) is 0 Å². The summed E-state index contributed by atoms with van der Waals surface area (Å²) >= 11 is 1.44. The van der Waals surface area contributed by atoms with E-state index in [4.69, 9.17) is 63.1 Å². The van der Waals surface area contributed by atoms with Gasteiger partial charge in [-0.2, -0.15) is 11.8 Å². The van der Waals surface area contributed by atoms with E-state index in [1.165, 1.54) is 25.6 Å². The highest BCUT2D eigenvalue weighted by molar-refractivity contribution is 7.98. The minimum Gasteiger partial charge on any atom is -0.481 e. The number of hydrogen-bond donors (Lipinski definition) is 31. The average molecular weight is 2040 g/mol. The van der Waals surface area contributed by atoms with E-state index in [0.29, 0.717) is 81.9 Å². The molecule has 0 bridgehead atoms. The van der Waals surface area contributed by atoms with Gasteiger partial charge in [0.25, 0.3) is 0 Å². The zero-order valence-corrected chi connectivity index (χ0v) is 83.0. The number of nitrogens with one attached hydrogen (secondary N) is 16. The van der Waals surface area contributed by atoms with Crippen molar-refractivity contribution in [3.8, 4) is 0 Å². The Balaban J connectivity index is 3.64.